The number of ether oxygens (including phenoxy) is 2. The fourth-order valence-corrected chi connectivity index (χ4v) is 2.85. The number of nitrogens with two attached hydrogens (primary N) is 1. The molecule has 1 unspecified atom stereocenters. The summed E-state index contributed by atoms with van der Waals surface area (Å²) in [4.78, 5) is 10.0. The first kappa shape index (κ1) is 17.2. The Morgan fingerprint density at radius 3 is 2.29 bits per heavy atom. The van der Waals surface area contributed by atoms with Crippen LogP contribution in [-0.2, 0) is 14.6 Å². The van der Waals surface area contributed by atoms with E-state index in [1.807, 2.05) is 0 Å². The van der Waals surface area contributed by atoms with Crippen LogP contribution < -0.4 is 15.2 Å². The molecular formula is C12H16FNO6S. The van der Waals surface area contributed by atoms with E-state index in [9.17, 15) is 17.6 Å². The van der Waals surface area contributed by atoms with Crippen molar-refractivity contribution in [1.82, 2.24) is 0 Å². The molecule has 3 N–H and O–H groups in total. The molecule has 0 saturated heterocycles. The summed E-state index contributed by atoms with van der Waals surface area (Å²) in [5, 5.41) is 8.75. The summed E-state index contributed by atoms with van der Waals surface area (Å²) in [6.07, 6.45) is 0.349. The third kappa shape index (κ3) is 3.61. The Hall–Kier alpha value is -1.87. The van der Waals surface area contributed by atoms with Crippen molar-refractivity contribution >= 4 is 15.8 Å². The molecule has 0 aromatic heterocycles. The van der Waals surface area contributed by atoms with Crippen molar-refractivity contribution in [1.29, 1.82) is 0 Å². The molecule has 0 aliphatic heterocycles. The highest BCUT2D eigenvalue weighted by molar-refractivity contribution is 7.90. The van der Waals surface area contributed by atoms with Crippen molar-refractivity contribution in [3.8, 4) is 11.5 Å². The molecule has 0 amide bonds. The molecule has 118 valence electrons. The van der Waals surface area contributed by atoms with Gasteiger partial charge in [0.2, 0.25) is 0 Å². The second kappa shape index (κ2) is 6.27. The predicted octanol–water partition coefficient (Wildman–Crippen LogP) is 0.721. The summed E-state index contributed by atoms with van der Waals surface area (Å²) in [5.41, 5.74) is 5.71. The van der Waals surface area contributed by atoms with Crippen LogP contribution in [0.15, 0.2) is 11.0 Å². The minimum atomic E-state index is -3.91. The van der Waals surface area contributed by atoms with Crippen LogP contribution >= 0.6 is 0 Å². The van der Waals surface area contributed by atoms with Gasteiger partial charge in [-0.15, -0.1) is 0 Å². The molecule has 0 spiro atoms. The zero-order valence-corrected chi connectivity index (χ0v) is 12.5. The number of hydrogen-bond donors (Lipinski definition) is 2. The number of sulfone groups is 1. The van der Waals surface area contributed by atoms with Gasteiger partial charge in [-0.05, 0) is 6.07 Å². The van der Waals surface area contributed by atoms with Gasteiger partial charge in [-0.1, -0.05) is 0 Å². The molecule has 1 aromatic carbocycles. The van der Waals surface area contributed by atoms with Crippen molar-refractivity contribution < 1.29 is 32.2 Å². The van der Waals surface area contributed by atoms with E-state index in [-0.39, 0.29) is 17.1 Å². The van der Waals surface area contributed by atoms with Crippen molar-refractivity contribution in [3.63, 3.8) is 0 Å². The maximum atomic E-state index is 14.1. The molecule has 21 heavy (non-hydrogen) atoms. The molecule has 9 heteroatoms. The molecular weight excluding hydrogens is 305 g/mol. The van der Waals surface area contributed by atoms with Crippen molar-refractivity contribution in [2.45, 2.75) is 17.4 Å². The summed E-state index contributed by atoms with van der Waals surface area (Å²) in [6.45, 7) is 0. The Bertz CT molecular complexity index is 658. The van der Waals surface area contributed by atoms with Gasteiger partial charge in [-0.3, -0.25) is 4.79 Å². The lowest BCUT2D eigenvalue weighted by Gasteiger charge is -2.19. The van der Waals surface area contributed by atoms with Gasteiger partial charge in [0.1, 0.15) is 10.7 Å². The number of carboxylic acids is 1. The minimum Gasteiger partial charge on any atom is -0.492 e. The minimum absolute atomic E-state index is 0.0154. The molecule has 7 nitrogen and oxygen atoms in total. The Morgan fingerprint density at radius 2 is 1.90 bits per heavy atom. The lowest BCUT2D eigenvalue weighted by Crippen LogP contribution is -2.18. The summed E-state index contributed by atoms with van der Waals surface area (Å²) >= 11 is 0. The third-order valence-corrected chi connectivity index (χ3v) is 3.87. The largest absolute Gasteiger partial charge is 0.492 e. The van der Waals surface area contributed by atoms with Gasteiger partial charge in [-0.25, -0.2) is 12.8 Å². The van der Waals surface area contributed by atoms with Gasteiger partial charge in [0.05, 0.1) is 20.6 Å². The van der Waals surface area contributed by atoms with Gasteiger partial charge in [-0.2, -0.15) is 0 Å². The van der Waals surface area contributed by atoms with Gasteiger partial charge in [0.15, 0.2) is 21.3 Å². The zero-order chi connectivity index (χ0) is 16.4. The Morgan fingerprint density at radius 1 is 1.38 bits per heavy atom. The van der Waals surface area contributed by atoms with Crippen LogP contribution in [0.25, 0.3) is 0 Å². The summed E-state index contributed by atoms with van der Waals surface area (Å²) in [7, 11) is -1.54. The maximum Gasteiger partial charge on any atom is 0.305 e. The van der Waals surface area contributed by atoms with Gasteiger partial charge < -0.3 is 20.3 Å². The van der Waals surface area contributed by atoms with E-state index in [2.05, 4.69) is 0 Å². The monoisotopic (exact) mass is 321 g/mol. The van der Waals surface area contributed by atoms with E-state index >= 15 is 0 Å². The SMILES string of the molecule is COc1c(C(N)CC(=O)O)cc(F)c(S(C)(=O)=O)c1OC. The van der Waals surface area contributed by atoms with E-state index in [1.165, 1.54) is 7.11 Å². The molecule has 1 aromatic rings. The third-order valence-electron chi connectivity index (χ3n) is 2.75. The molecule has 0 aliphatic carbocycles. The highest BCUT2D eigenvalue weighted by atomic mass is 32.2. The highest BCUT2D eigenvalue weighted by Gasteiger charge is 2.29. The first-order valence-corrected chi connectivity index (χ1v) is 7.64. The van der Waals surface area contributed by atoms with Crippen LogP contribution in [-0.4, -0.2) is 40.0 Å². The van der Waals surface area contributed by atoms with Crippen molar-refractivity contribution in [3.05, 3.63) is 17.4 Å². The first-order chi connectivity index (χ1) is 9.63. The lowest BCUT2D eigenvalue weighted by atomic mass is 10.0. The standard InChI is InChI=1S/C12H16FNO6S/c1-19-10-6(8(14)5-9(15)16)4-7(13)12(11(10)20-2)21(3,17)18/h4,8H,5,14H2,1-3H3,(H,15,16). The van der Waals surface area contributed by atoms with Crippen LogP contribution in [0.5, 0.6) is 11.5 Å². The van der Waals surface area contributed by atoms with Crippen LogP contribution in [0.1, 0.15) is 18.0 Å². The summed E-state index contributed by atoms with van der Waals surface area (Å²) in [5.74, 6) is -2.70. The Balaban J connectivity index is 3.64. The molecule has 1 atom stereocenters. The Kier molecular flexibility index (Phi) is 5.13. The predicted molar refractivity (Wildman–Crippen MR) is 71.8 cm³/mol. The van der Waals surface area contributed by atoms with E-state index in [4.69, 9.17) is 20.3 Å². The normalized spacial score (nSPS) is 12.8. The van der Waals surface area contributed by atoms with Crippen molar-refractivity contribution in [2.24, 2.45) is 5.73 Å². The summed E-state index contributed by atoms with van der Waals surface area (Å²) < 4.78 is 47.4. The second-order valence-electron chi connectivity index (χ2n) is 4.32. The Labute approximate surface area is 121 Å². The van der Waals surface area contributed by atoms with E-state index < -0.39 is 39.0 Å². The molecule has 1 rings (SSSR count). The first-order valence-electron chi connectivity index (χ1n) is 5.75. The number of rotatable bonds is 6. The molecule has 0 bridgehead atoms. The van der Waals surface area contributed by atoms with Crippen LogP contribution in [0.2, 0.25) is 0 Å². The number of hydrogen-bond acceptors (Lipinski definition) is 6. The quantitative estimate of drug-likeness (QED) is 0.793. The summed E-state index contributed by atoms with van der Waals surface area (Å²) in [6, 6.07) is -0.222. The lowest BCUT2D eigenvalue weighted by molar-refractivity contribution is -0.137. The van der Waals surface area contributed by atoms with Crippen molar-refractivity contribution in [2.75, 3.05) is 20.5 Å². The number of carbonyl (C=O) groups is 1. The van der Waals surface area contributed by atoms with E-state index in [1.54, 1.807) is 0 Å². The number of halogens is 1. The average Bonchev–Trinajstić information content (AvgIpc) is 2.34. The van der Waals surface area contributed by atoms with Crippen LogP contribution in [0.4, 0.5) is 4.39 Å². The average molecular weight is 321 g/mol. The van der Waals surface area contributed by atoms with E-state index in [0.717, 1.165) is 19.4 Å². The molecule has 0 radical (unpaired) electrons. The van der Waals surface area contributed by atoms with Crippen LogP contribution in [0.3, 0.4) is 0 Å². The van der Waals surface area contributed by atoms with E-state index in [0.29, 0.717) is 0 Å². The number of aliphatic carboxylic acids is 1. The topological polar surface area (TPSA) is 116 Å². The second-order valence-corrected chi connectivity index (χ2v) is 6.27. The fourth-order valence-electron chi connectivity index (χ4n) is 1.93. The van der Waals surface area contributed by atoms with Gasteiger partial charge in [0.25, 0.3) is 0 Å². The highest BCUT2D eigenvalue weighted by Crippen LogP contribution is 2.41. The zero-order valence-electron chi connectivity index (χ0n) is 11.7. The molecule has 0 aliphatic rings. The van der Waals surface area contributed by atoms with Gasteiger partial charge in [0, 0.05) is 17.9 Å². The van der Waals surface area contributed by atoms with Gasteiger partial charge >= 0.3 is 5.97 Å². The molecule has 0 heterocycles. The van der Waals surface area contributed by atoms with Crippen LogP contribution in [0, 0.1) is 5.82 Å². The number of methoxy groups -OCH3 is 2. The molecule has 0 fully saturated rings. The molecule has 0 saturated carbocycles. The number of carboxylic acid groups (broad SMARTS) is 1. The fraction of sp³-hybridized carbons (Fsp3) is 0.417. The number of benzene rings is 1. The smallest absolute Gasteiger partial charge is 0.305 e. The maximum absolute atomic E-state index is 14.1.